The first-order valence-corrected chi connectivity index (χ1v) is 4.24. The zero-order valence-corrected chi connectivity index (χ0v) is 7.82. The molecule has 0 aromatic carbocycles. The third kappa shape index (κ3) is 1.60. The SMILES string of the molecule is NC(=O)c1cn2cccc(C(F)(F)F)c2n1. The number of carbonyl (C=O) groups is 1. The van der Waals surface area contributed by atoms with E-state index in [1.165, 1.54) is 12.3 Å². The monoisotopic (exact) mass is 229 g/mol. The van der Waals surface area contributed by atoms with E-state index in [-0.39, 0.29) is 11.3 Å². The van der Waals surface area contributed by atoms with E-state index in [4.69, 9.17) is 5.73 Å². The van der Waals surface area contributed by atoms with Gasteiger partial charge in [-0.25, -0.2) is 4.98 Å². The standard InChI is InChI=1S/C9H6F3N3O/c10-9(11,12)5-2-1-3-15-4-6(7(13)16)14-8(5)15/h1-4H,(H2,13,16). The lowest BCUT2D eigenvalue weighted by molar-refractivity contribution is -0.136. The van der Waals surface area contributed by atoms with Crippen molar-refractivity contribution in [3.63, 3.8) is 0 Å². The van der Waals surface area contributed by atoms with Gasteiger partial charge in [-0.3, -0.25) is 4.79 Å². The minimum absolute atomic E-state index is 0.198. The number of pyridine rings is 1. The number of halogens is 3. The zero-order chi connectivity index (χ0) is 11.9. The smallest absolute Gasteiger partial charge is 0.364 e. The van der Waals surface area contributed by atoms with Gasteiger partial charge in [-0.2, -0.15) is 13.2 Å². The van der Waals surface area contributed by atoms with Gasteiger partial charge in [0.05, 0.1) is 5.56 Å². The molecule has 7 heteroatoms. The van der Waals surface area contributed by atoms with Crippen LogP contribution in [-0.2, 0) is 6.18 Å². The van der Waals surface area contributed by atoms with E-state index in [1.54, 1.807) is 0 Å². The Balaban J connectivity index is 2.73. The molecule has 84 valence electrons. The molecular weight excluding hydrogens is 223 g/mol. The van der Waals surface area contributed by atoms with Gasteiger partial charge in [0.2, 0.25) is 0 Å². The highest BCUT2D eigenvalue weighted by molar-refractivity contribution is 5.91. The van der Waals surface area contributed by atoms with Gasteiger partial charge in [0.1, 0.15) is 11.3 Å². The fourth-order valence-corrected chi connectivity index (χ4v) is 1.35. The number of alkyl halides is 3. The first-order chi connectivity index (χ1) is 7.39. The number of rotatable bonds is 1. The number of amides is 1. The van der Waals surface area contributed by atoms with Crippen LogP contribution in [0.15, 0.2) is 24.5 Å². The number of nitrogens with zero attached hydrogens (tertiary/aromatic N) is 2. The maximum atomic E-state index is 12.6. The molecule has 16 heavy (non-hydrogen) atoms. The number of hydrogen-bond donors (Lipinski definition) is 1. The van der Waals surface area contributed by atoms with Crippen molar-refractivity contribution in [1.29, 1.82) is 0 Å². The summed E-state index contributed by atoms with van der Waals surface area (Å²) in [7, 11) is 0. The van der Waals surface area contributed by atoms with E-state index in [0.717, 1.165) is 16.7 Å². The second-order valence-electron chi connectivity index (χ2n) is 3.14. The Morgan fingerprint density at radius 1 is 1.44 bits per heavy atom. The Hall–Kier alpha value is -2.05. The summed E-state index contributed by atoms with van der Waals surface area (Å²) in [6.45, 7) is 0. The van der Waals surface area contributed by atoms with Crippen molar-refractivity contribution in [3.8, 4) is 0 Å². The van der Waals surface area contributed by atoms with E-state index in [2.05, 4.69) is 4.98 Å². The third-order valence-electron chi connectivity index (χ3n) is 2.04. The summed E-state index contributed by atoms with van der Waals surface area (Å²) in [5, 5.41) is 0. The van der Waals surface area contributed by atoms with Crippen molar-refractivity contribution in [3.05, 3.63) is 35.8 Å². The third-order valence-corrected chi connectivity index (χ3v) is 2.04. The van der Waals surface area contributed by atoms with Crippen LogP contribution in [0.25, 0.3) is 5.65 Å². The van der Waals surface area contributed by atoms with Gasteiger partial charge in [-0.15, -0.1) is 0 Å². The molecule has 0 bridgehead atoms. The maximum Gasteiger partial charge on any atom is 0.419 e. The van der Waals surface area contributed by atoms with E-state index in [1.807, 2.05) is 0 Å². The van der Waals surface area contributed by atoms with Crippen molar-refractivity contribution in [2.45, 2.75) is 6.18 Å². The molecule has 0 aliphatic carbocycles. The van der Waals surface area contributed by atoms with Crippen molar-refractivity contribution >= 4 is 11.6 Å². The highest BCUT2D eigenvalue weighted by atomic mass is 19.4. The molecule has 0 spiro atoms. The summed E-state index contributed by atoms with van der Waals surface area (Å²) in [6.07, 6.45) is -1.99. The Morgan fingerprint density at radius 3 is 2.69 bits per heavy atom. The van der Waals surface area contributed by atoms with Crippen LogP contribution in [0.1, 0.15) is 16.1 Å². The highest BCUT2D eigenvalue weighted by Gasteiger charge is 2.34. The Morgan fingerprint density at radius 2 is 2.12 bits per heavy atom. The number of primary amides is 1. The van der Waals surface area contributed by atoms with E-state index in [0.29, 0.717) is 0 Å². The summed E-state index contributed by atoms with van der Waals surface area (Å²) in [4.78, 5) is 14.3. The van der Waals surface area contributed by atoms with Crippen LogP contribution in [0.5, 0.6) is 0 Å². The molecular formula is C9H6F3N3O. The summed E-state index contributed by atoms with van der Waals surface area (Å²) in [5.41, 5.74) is 3.51. The van der Waals surface area contributed by atoms with Crippen molar-refractivity contribution < 1.29 is 18.0 Å². The van der Waals surface area contributed by atoms with E-state index in [9.17, 15) is 18.0 Å². The predicted molar refractivity (Wildman–Crippen MR) is 48.7 cm³/mol. The van der Waals surface area contributed by atoms with Gasteiger partial charge in [0, 0.05) is 12.4 Å². The average Bonchev–Trinajstić information content (AvgIpc) is 2.58. The molecule has 0 saturated carbocycles. The van der Waals surface area contributed by atoms with Gasteiger partial charge < -0.3 is 10.1 Å². The molecule has 0 aliphatic rings. The Labute approximate surface area is 87.5 Å². The largest absolute Gasteiger partial charge is 0.419 e. The lowest BCUT2D eigenvalue weighted by atomic mass is 10.2. The van der Waals surface area contributed by atoms with Crippen LogP contribution in [0, 0.1) is 0 Å². The van der Waals surface area contributed by atoms with Gasteiger partial charge in [-0.1, -0.05) is 0 Å². The minimum atomic E-state index is -4.51. The molecule has 2 rings (SSSR count). The molecule has 2 aromatic heterocycles. The molecule has 0 fully saturated rings. The number of nitrogens with two attached hydrogens (primary N) is 1. The van der Waals surface area contributed by atoms with E-state index < -0.39 is 17.6 Å². The van der Waals surface area contributed by atoms with Crippen LogP contribution in [0.3, 0.4) is 0 Å². The lowest BCUT2D eigenvalue weighted by Crippen LogP contribution is -2.11. The molecule has 2 aromatic rings. The Kier molecular flexibility index (Phi) is 2.11. The maximum absolute atomic E-state index is 12.6. The van der Waals surface area contributed by atoms with Crippen molar-refractivity contribution in [2.75, 3.05) is 0 Å². The minimum Gasteiger partial charge on any atom is -0.364 e. The molecule has 0 radical (unpaired) electrons. The fourth-order valence-electron chi connectivity index (χ4n) is 1.35. The van der Waals surface area contributed by atoms with Gasteiger partial charge >= 0.3 is 6.18 Å². The average molecular weight is 229 g/mol. The van der Waals surface area contributed by atoms with Gasteiger partial charge in [0.15, 0.2) is 0 Å². The van der Waals surface area contributed by atoms with Crippen LogP contribution < -0.4 is 5.73 Å². The van der Waals surface area contributed by atoms with Crippen molar-refractivity contribution in [1.82, 2.24) is 9.38 Å². The number of imidazole rings is 1. The summed E-state index contributed by atoms with van der Waals surface area (Å²) >= 11 is 0. The summed E-state index contributed by atoms with van der Waals surface area (Å²) in [5.74, 6) is -0.864. The highest BCUT2D eigenvalue weighted by Crippen LogP contribution is 2.31. The molecule has 0 aliphatic heterocycles. The second kappa shape index (κ2) is 3.22. The molecule has 2 heterocycles. The quantitative estimate of drug-likeness (QED) is 0.804. The molecule has 0 atom stereocenters. The van der Waals surface area contributed by atoms with Crippen LogP contribution in [-0.4, -0.2) is 15.3 Å². The van der Waals surface area contributed by atoms with Crippen LogP contribution in [0.2, 0.25) is 0 Å². The van der Waals surface area contributed by atoms with Gasteiger partial charge in [-0.05, 0) is 12.1 Å². The topological polar surface area (TPSA) is 60.4 Å². The first kappa shape index (κ1) is 10.5. The number of fused-ring (bicyclic) bond motifs is 1. The molecule has 2 N–H and O–H groups in total. The number of aromatic nitrogens is 2. The normalized spacial score (nSPS) is 11.9. The molecule has 1 amide bonds. The van der Waals surface area contributed by atoms with Crippen LogP contribution in [0.4, 0.5) is 13.2 Å². The molecule has 0 saturated heterocycles. The predicted octanol–water partition coefficient (Wildman–Crippen LogP) is 1.45. The second-order valence-corrected chi connectivity index (χ2v) is 3.14. The first-order valence-electron chi connectivity index (χ1n) is 4.24. The number of hydrogen-bond acceptors (Lipinski definition) is 2. The van der Waals surface area contributed by atoms with Crippen molar-refractivity contribution in [2.24, 2.45) is 5.73 Å². The van der Waals surface area contributed by atoms with Gasteiger partial charge in [0.25, 0.3) is 5.91 Å². The van der Waals surface area contributed by atoms with E-state index >= 15 is 0 Å². The summed E-state index contributed by atoms with van der Waals surface area (Å²) < 4.78 is 38.8. The zero-order valence-electron chi connectivity index (χ0n) is 7.82. The molecule has 4 nitrogen and oxygen atoms in total. The summed E-state index contributed by atoms with van der Waals surface area (Å²) in [6, 6.07) is 2.12. The Bertz CT molecular complexity index is 559. The lowest BCUT2D eigenvalue weighted by Gasteiger charge is -2.06. The van der Waals surface area contributed by atoms with Crippen LogP contribution >= 0.6 is 0 Å². The fraction of sp³-hybridized carbons (Fsp3) is 0.111. The number of carbonyl (C=O) groups excluding carboxylic acids is 1. The molecule has 0 unspecified atom stereocenters.